The van der Waals surface area contributed by atoms with E-state index in [4.69, 9.17) is 9.72 Å². The zero-order chi connectivity index (χ0) is 19.2. The molecule has 142 valence electrons. The van der Waals surface area contributed by atoms with Gasteiger partial charge in [0.25, 0.3) is 0 Å². The van der Waals surface area contributed by atoms with Crippen LogP contribution in [0.1, 0.15) is 5.82 Å². The number of ether oxygens (including phenoxy) is 1. The van der Waals surface area contributed by atoms with E-state index in [0.29, 0.717) is 6.73 Å². The van der Waals surface area contributed by atoms with Crippen LogP contribution in [-0.4, -0.2) is 43.4 Å². The quantitative estimate of drug-likeness (QED) is 0.377. The van der Waals surface area contributed by atoms with Gasteiger partial charge in [0.2, 0.25) is 0 Å². The minimum absolute atomic E-state index is 0.477. The molecule has 0 N–H and O–H groups in total. The highest BCUT2D eigenvalue weighted by Crippen LogP contribution is 2.28. The minimum Gasteiger partial charge on any atom is -0.361 e. The summed E-state index contributed by atoms with van der Waals surface area (Å²) in [5.41, 5.74) is 5.04. The van der Waals surface area contributed by atoms with E-state index in [1.165, 1.54) is 0 Å². The molecule has 0 unspecified atom stereocenters. The number of rotatable bonds is 6. The second-order valence-electron chi connectivity index (χ2n) is 8.24. The first-order chi connectivity index (χ1) is 12.8. The Morgan fingerprint density at radius 3 is 2.59 bits per heavy atom. The summed E-state index contributed by atoms with van der Waals surface area (Å²) in [4.78, 5) is 9.14. The molecule has 4 rings (SSSR count). The molecule has 0 aromatic carbocycles. The molecular weight excluding hydrogens is 356 g/mol. The van der Waals surface area contributed by atoms with E-state index in [2.05, 4.69) is 44.8 Å². The summed E-state index contributed by atoms with van der Waals surface area (Å²) < 4.78 is 12.1. The smallest absolute Gasteiger partial charge is 0.159 e. The van der Waals surface area contributed by atoms with E-state index in [1.807, 2.05) is 43.4 Å². The fraction of sp³-hybridized carbons (Fsp3) is 0.421. The lowest BCUT2D eigenvalue weighted by atomic mass is 10.2. The second kappa shape index (κ2) is 6.61. The lowest BCUT2D eigenvalue weighted by Gasteiger charge is -2.16. The minimum atomic E-state index is -1.12. The molecule has 4 aromatic rings. The summed E-state index contributed by atoms with van der Waals surface area (Å²) in [6, 6.07) is 3.30. The maximum atomic E-state index is 6.06. The Labute approximate surface area is 159 Å². The van der Waals surface area contributed by atoms with Gasteiger partial charge >= 0.3 is 0 Å². The van der Waals surface area contributed by atoms with E-state index in [0.717, 1.165) is 46.4 Å². The molecule has 4 heterocycles. The number of aromatic nitrogens is 6. The van der Waals surface area contributed by atoms with Crippen LogP contribution in [0.2, 0.25) is 25.7 Å². The molecule has 4 aromatic heterocycles. The predicted molar refractivity (Wildman–Crippen MR) is 110 cm³/mol. The van der Waals surface area contributed by atoms with Gasteiger partial charge in [-0.15, -0.1) is 0 Å². The van der Waals surface area contributed by atoms with Gasteiger partial charge in [0.05, 0.1) is 35.3 Å². The lowest BCUT2D eigenvalue weighted by molar-refractivity contribution is 0.0909. The highest BCUT2D eigenvalue weighted by molar-refractivity contribution is 6.76. The first kappa shape index (κ1) is 17.9. The van der Waals surface area contributed by atoms with Crippen molar-refractivity contribution in [1.29, 1.82) is 0 Å². The number of hydrogen-bond acceptors (Lipinski definition) is 4. The molecule has 0 bridgehead atoms. The maximum Gasteiger partial charge on any atom is 0.159 e. The SMILES string of the molecule is Cc1ncc2cnc3c(cc(-c4cnn(C)c4)n3COCC[Si](C)(C)C)n12. The molecule has 0 aliphatic heterocycles. The molecule has 0 saturated carbocycles. The molecule has 0 atom stereocenters. The average molecular weight is 383 g/mol. The summed E-state index contributed by atoms with van der Waals surface area (Å²) in [5.74, 6) is 0.951. The molecule has 8 heteroatoms. The van der Waals surface area contributed by atoms with E-state index in [1.54, 1.807) is 0 Å². The van der Waals surface area contributed by atoms with Crippen LogP contribution in [0.3, 0.4) is 0 Å². The van der Waals surface area contributed by atoms with Gasteiger partial charge in [-0.2, -0.15) is 5.10 Å². The fourth-order valence-corrected chi connectivity index (χ4v) is 4.03. The van der Waals surface area contributed by atoms with Crippen molar-refractivity contribution in [3.63, 3.8) is 0 Å². The molecule has 27 heavy (non-hydrogen) atoms. The Balaban J connectivity index is 1.78. The number of nitrogens with zero attached hydrogens (tertiary/aromatic N) is 6. The van der Waals surface area contributed by atoms with E-state index >= 15 is 0 Å². The third-order valence-electron chi connectivity index (χ3n) is 4.79. The highest BCUT2D eigenvalue weighted by atomic mass is 28.3. The molecule has 7 nitrogen and oxygen atoms in total. The molecular formula is C19H26N6OSi. The van der Waals surface area contributed by atoms with Gasteiger partial charge in [-0.25, -0.2) is 9.97 Å². The molecule has 0 fully saturated rings. The summed E-state index contributed by atoms with van der Waals surface area (Å²) in [5, 5.41) is 4.33. The highest BCUT2D eigenvalue weighted by Gasteiger charge is 2.17. The number of aryl methyl sites for hydroxylation is 2. The number of imidazole rings is 1. The van der Waals surface area contributed by atoms with Gasteiger partial charge in [0.1, 0.15) is 12.6 Å². The summed E-state index contributed by atoms with van der Waals surface area (Å²) in [6.45, 7) is 10.4. The third-order valence-corrected chi connectivity index (χ3v) is 6.50. The lowest BCUT2D eigenvalue weighted by Crippen LogP contribution is -2.22. The standard InChI is InChI=1S/C19H26N6OSi/c1-14-20-10-16-11-21-19-18(25(14)16)8-17(15-9-22-23(2)12-15)24(19)13-26-6-7-27(3,4)5/h8-12H,6-7,13H2,1-5H3. The van der Waals surface area contributed by atoms with Gasteiger partial charge < -0.3 is 4.74 Å². The van der Waals surface area contributed by atoms with Crippen molar-refractivity contribution in [2.75, 3.05) is 6.61 Å². The van der Waals surface area contributed by atoms with Crippen molar-refractivity contribution in [2.24, 2.45) is 7.05 Å². The fourth-order valence-electron chi connectivity index (χ4n) is 3.28. The third kappa shape index (κ3) is 3.42. The van der Waals surface area contributed by atoms with Crippen LogP contribution in [0, 0.1) is 6.92 Å². The Kier molecular flexibility index (Phi) is 4.39. The van der Waals surface area contributed by atoms with Crippen LogP contribution in [0.4, 0.5) is 0 Å². The maximum absolute atomic E-state index is 6.06. The van der Waals surface area contributed by atoms with Crippen molar-refractivity contribution >= 4 is 24.8 Å². The number of hydrogen-bond donors (Lipinski definition) is 0. The molecule has 0 amide bonds. The Morgan fingerprint density at radius 2 is 1.89 bits per heavy atom. The van der Waals surface area contributed by atoms with Gasteiger partial charge in [0.15, 0.2) is 5.65 Å². The summed E-state index contributed by atoms with van der Waals surface area (Å²) >= 11 is 0. The molecule has 0 radical (unpaired) electrons. The molecule has 0 aliphatic rings. The summed E-state index contributed by atoms with van der Waals surface area (Å²) in [6.07, 6.45) is 7.62. The van der Waals surface area contributed by atoms with Crippen LogP contribution < -0.4 is 0 Å². The normalized spacial score (nSPS) is 12.5. The van der Waals surface area contributed by atoms with Crippen molar-refractivity contribution < 1.29 is 4.74 Å². The zero-order valence-electron chi connectivity index (χ0n) is 16.6. The monoisotopic (exact) mass is 382 g/mol. The van der Waals surface area contributed by atoms with Gasteiger partial charge in [0, 0.05) is 33.5 Å². The molecule has 0 spiro atoms. The van der Waals surface area contributed by atoms with Crippen molar-refractivity contribution in [2.45, 2.75) is 39.3 Å². The van der Waals surface area contributed by atoms with Gasteiger partial charge in [-0.05, 0) is 19.0 Å². The van der Waals surface area contributed by atoms with Crippen molar-refractivity contribution in [1.82, 2.24) is 28.7 Å². The van der Waals surface area contributed by atoms with Gasteiger partial charge in [-0.1, -0.05) is 19.6 Å². The van der Waals surface area contributed by atoms with Crippen LogP contribution in [0.15, 0.2) is 30.9 Å². The Bertz CT molecular complexity index is 1100. The Hall–Kier alpha value is -2.45. The predicted octanol–water partition coefficient (Wildman–Crippen LogP) is 3.71. The largest absolute Gasteiger partial charge is 0.361 e. The first-order valence-corrected chi connectivity index (χ1v) is 12.9. The van der Waals surface area contributed by atoms with Gasteiger partial charge in [-0.3, -0.25) is 13.6 Å². The van der Waals surface area contributed by atoms with Crippen LogP contribution in [-0.2, 0) is 18.5 Å². The van der Waals surface area contributed by atoms with Crippen LogP contribution in [0.5, 0.6) is 0 Å². The first-order valence-electron chi connectivity index (χ1n) is 9.22. The van der Waals surface area contributed by atoms with E-state index < -0.39 is 8.07 Å². The van der Waals surface area contributed by atoms with Crippen LogP contribution in [0.25, 0.3) is 27.9 Å². The van der Waals surface area contributed by atoms with Crippen molar-refractivity contribution in [3.05, 3.63) is 36.7 Å². The molecule has 0 saturated heterocycles. The van der Waals surface area contributed by atoms with E-state index in [9.17, 15) is 0 Å². The van der Waals surface area contributed by atoms with Crippen molar-refractivity contribution in [3.8, 4) is 11.3 Å². The second-order valence-corrected chi connectivity index (χ2v) is 13.9. The summed E-state index contributed by atoms with van der Waals surface area (Å²) in [7, 11) is 0.811. The van der Waals surface area contributed by atoms with Crippen LogP contribution >= 0.6 is 0 Å². The zero-order valence-corrected chi connectivity index (χ0v) is 17.6. The molecule has 0 aliphatic carbocycles. The van der Waals surface area contributed by atoms with E-state index in [-0.39, 0.29) is 0 Å². The Morgan fingerprint density at radius 1 is 1.11 bits per heavy atom. The number of fused-ring (bicyclic) bond motifs is 3. The average Bonchev–Trinajstić information content (AvgIpc) is 3.28. The topological polar surface area (TPSA) is 62.2 Å².